The smallest absolute Gasteiger partial charge is 0.134 e. The van der Waals surface area contributed by atoms with Gasteiger partial charge in [0.2, 0.25) is 0 Å². The standard InChI is InChI=1S/C16H15NO2/c1-11-4-3-5-14(8-11)19-16-9-13(10-17)6-7-15(16)12(2)18/h3-9,12,18H,1-2H3. The molecule has 0 amide bonds. The Morgan fingerprint density at radius 3 is 2.63 bits per heavy atom. The Hall–Kier alpha value is -2.31. The van der Waals surface area contributed by atoms with E-state index in [0.29, 0.717) is 22.6 Å². The van der Waals surface area contributed by atoms with Crippen LogP contribution in [0.15, 0.2) is 42.5 Å². The highest BCUT2D eigenvalue weighted by atomic mass is 16.5. The van der Waals surface area contributed by atoms with Crippen molar-refractivity contribution in [3.8, 4) is 17.6 Å². The maximum atomic E-state index is 9.74. The van der Waals surface area contributed by atoms with E-state index in [-0.39, 0.29) is 0 Å². The number of nitrogens with zero attached hydrogens (tertiary/aromatic N) is 1. The van der Waals surface area contributed by atoms with Crippen molar-refractivity contribution in [1.82, 2.24) is 0 Å². The van der Waals surface area contributed by atoms with Crippen LogP contribution in [0.25, 0.3) is 0 Å². The predicted octanol–water partition coefficient (Wildman–Crippen LogP) is 3.71. The number of aryl methyl sites for hydroxylation is 1. The summed E-state index contributed by atoms with van der Waals surface area (Å²) >= 11 is 0. The summed E-state index contributed by atoms with van der Waals surface area (Å²) in [5, 5.41) is 18.7. The minimum Gasteiger partial charge on any atom is -0.457 e. The minimum absolute atomic E-state index is 0.507. The molecule has 0 aliphatic heterocycles. The van der Waals surface area contributed by atoms with Crippen molar-refractivity contribution in [1.29, 1.82) is 5.26 Å². The molecule has 2 rings (SSSR count). The third-order valence-electron chi connectivity index (χ3n) is 2.81. The van der Waals surface area contributed by atoms with Gasteiger partial charge in [-0.3, -0.25) is 0 Å². The lowest BCUT2D eigenvalue weighted by molar-refractivity contribution is 0.195. The van der Waals surface area contributed by atoms with Crippen LogP contribution in [0.5, 0.6) is 11.5 Å². The Morgan fingerprint density at radius 1 is 1.21 bits per heavy atom. The minimum atomic E-state index is -0.646. The fourth-order valence-corrected chi connectivity index (χ4v) is 1.84. The van der Waals surface area contributed by atoms with Crippen molar-refractivity contribution in [3.63, 3.8) is 0 Å². The normalized spacial score (nSPS) is 11.7. The average molecular weight is 253 g/mol. The SMILES string of the molecule is Cc1cccc(Oc2cc(C#N)ccc2C(C)O)c1. The Labute approximate surface area is 112 Å². The lowest BCUT2D eigenvalue weighted by Crippen LogP contribution is -1.97. The molecule has 2 aromatic carbocycles. The van der Waals surface area contributed by atoms with Crippen LogP contribution in [0.3, 0.4) is 0 Å². The number of aliphatic hydroxyl groups is 1. The molecular weight excluding hydrogens is 238 g/mol. The average Bonchev–Trinajstić information content (AvgIpc) is 2.38. The number of aliphatic hydroxyl groups excluding tert-OH is 1. The van der Waals surface area contributed by atoms with Gasteiger partial charge in [-0.2, -0.15) is 5.26 Å². The van der Waals surface area contributed by atoms with Crippen molar-refractivity contribution in [2.75, 3.05) is 0 Å². The Balaban J connectivity index is 2.40. The molecule has 0 aliphatic carbocycles. The Morgan fingerprint density at radius 2 is 2.00 bits per heavy atom. The van der Waals surface area contributed by atoms with Gasteiger partial charge in [0.15, 0.2) is 0 Å². The van der Waals surface area contributed by atoms with Gasteiger partial charge in [-0.1, -0.05) is 18.2 Å². The van der Waals surface area contributed by atoms with Crippen molar-refractivity contribution in [3.05, 3.63) is 59.2 Å². The van der Waals surface area contributed by atoms with E-state index in [1.807, 2.05) is 31.2 Å². The number of hydrogen-bond donors (Lipinski definition) is 1. The van der Waals surface area contributed by atoms with Gasteiger partial charge in [-0.05, 0) is 43.7 Å². The highest BCUT2D eigenvalue weighted by molar-refractivity contribution is 5.45. The zero-order valence-corrected chi connectivity index (χ0v) is 10.9. The van der Waals surface area contributed by atoms with E-state index in [2.05, 4.69) is 6.07 Å². The van der Waals surface area contributed by atoms with Gasteiger partial charge in [-0.25, -0.2) is 0 Å². The fraction of sp³-hybridized carbons (Fsp3) is 0.188. The molecule has 0 bridgehead atoms. The van der Waals surface area contributed by atoms with Crippen LogP contribution in [-0.4, -0.2) is 5.11 Å². The Bertz CT molecular complexity index is 627. The van der Waals surface area contributed by atoms with Crippen LogP contribution in [0.4, 0.5) is 0 Å². The molecule has 3 nitrogen and oxygen atoms in total. The van der Waals surface area contributed by atoms with Gasteiger partial charge in [0.05, 0.1) is 17.7 Å². The summed E-state index contributed by atoms with van der Waals surface area (Å²) in [6.07, 6.45) is -0.646. The number of hydrogen-bond acceptors (Lipinski definition) is 3. The third-order valence-corrected chi connectivity index (χ3v) is 2.81. The maximum Gasteiger partial charge on any atom is 0.134 e. The van der Waals surface area contributed by atoms with Crippen LogP contribution in [0.1, 0.15) is 29.7 Å². The topological polar surface area (TPSA) is 53.2 Å². The van der Waals surface area contributed by atoms with E-state index in [1.54, 1.807) is 25.1 Å². The van der Waals surface area contributed by atoms with E-state index in [1.165, 1.54) is 0 Å². The van der Waals surface area contributed by atoms with E-state index in [9.17, 15) is 5.11 Å². The summed E-state index contributed by atoms with van der Waals surface area (Å²) in [4.78, 5) is 0. The molecule has 1 N–H and O–H groups in total. The number of ether oxygens (including phenoxy) is 1. The molecule has 0 saturated carbocycles. The zero-order chi connectivity index (χ0) is 13.8. The molecule has 96 valence electrons. The molecule has 0 heterocycles. The van der Waals surface area contributed by atoms with Gasteiger partial charge in [-0.15, -0.1) is 0 Å². The van der Waals surface area contributed by atoms with Crippen molar-refractivity contribution >= 4 is 0 Å². The van der Waals surface area contributed by atoms with Crippen molar-refractivity contribution < 1.29 is 9.84 Å². The lowest BCUT2D eigenvalue weighted by Gasteiger charge is -2.13. The van der Waals surface area contributed by atoms with Gasteiger partial charge in [0, 0.05) is 5.56 Å². The second kappa shape index (κ2) is 5.55. The Kier molecular flexibility index (Phi) is 3.84. The van der Waals surface area contributed by atoms with Gasteiger partial charge < -0.3 is 9.84 Å². The van der Waals surface area contributed by atoms with Crippen LogP contribution >= 0.6 is 0 Å². The van der Waals surface area contributed by atoms with E-state index in [0.717, 1.165) is 5.56 Å². The first-order chi connectivity index (χ1) is 9.10. The van der Waals surface area contributed by atoms with Crippen molar-refractivity contribution in [2.24, 2.45) is 0 Å². The molecule has 2 aromatic rings. The first-order valence-corrected chi connectivity index (χ1v) is 6.07. The monoisotopic (exact) mass is 253 g/mol. The molecule has 0 saturated heterocycles. The highest BCUT2D eigenvalue weighted by Gasteiger charge is 2.11. The first-order valence-electron chi connectivity index (χ1n) is 6.07. The second-order valence-corrected chi connectivity index (χ2v) is 4.46. The molecule has 0 spiro atoms. The molecule has 1 atom stereocenters. The van der Waals surface area contributed by atoms with Gasteiger partial charge >= 0.3 is 0 Å². The van der Waals surface area contributed by atoms with Crippen molar-refractivity contribution in [2.45, 2.75) is 20.0 Å². The lowest BCUT2D eigenvalue weighted by atomic mass is 10.1. The van der Waals surface area contributed by atoms with E-state index in [4.69, 9.17) is 10.00 Å². The quantitative estimate of drug-likeness (QED) is 0.907. The van der Waals surface area contributed by atoms with Crippen LogP contribution in [0, 0.1) is 18.3 Å². The molecule has 0 aliphatic rings. The fourth-order valence-electron chi connectivity index (χ4n) is 1.84. The molecular formula is C16H15NO2. The molecule has 1 unspecified atom stereocenters. The predicted molar refractivity (Wildman–Crippen MR) is 73.0 cm³/mol. The second-order valence-electron chi connectivity index (χ2n) is 4.46. The third kappa shape index (κ3) is 3.12. The molecule has 3 heteroatoms. The van der Waals surface area contributed by atoms with Crippen LogP contribution < -0.4 is 4.74 Å². The summed E-state index contributed by atoms with van der Waals surface area (Å²) in [6, 6.07) is 14.7. The molecule has 0 fully saturated rings. The summed E-state index contributed by atoms with van der Waals surface area (Å²) in [5.74, 6) is 1.21. The molecule has 0 radical (unpaired) electrons. The number of rotatable bonds is 3. The number of nitriles is 1. The largest absolute Gasteiger partial charge is 0.457 e. The van der Waals surface area contributed by atoms with Crippen LogP contribution in [-0.2, 0) is 0 Å². The zero-order valence-electron chi connectivity index (χ0n) is 10.9. The maximum absolute atomic E-state index is 9.74. The summed E-state index contributed by atoms with van der Waals surface area (Å²) in [5.41, 5.74) is 2.26. The van der Waals surface area contributed by atoms with E-state index >= 15 is 0 Å². The first kappa shape index (κ1) is 13.1. The summed E-state index contributed by atoms with van der Waals surface area (Å²) in [6.45, 7) is 3.65. The molecule has 0 aromatic heterocycles. The van der Waals surface area contributed by atoms with E-state index < -0.39 is 6.10 Å². The van der Waals surface area contributed by atoms with Gasteiger partial charge in [0.25, 0.3) is 0 Å². The highest BCUT2D eigenvalue weighted by Crippen LogP contribution is 2.30. The van der Waals surface area contributed by atoms with Crippen LogP contribution in [0.2, 0.25) is 0 Å². The number of benzene rings is 2. The van der Waals surface area contributed by atoms with Gasteiger partial charge in [0.1, 0.15) is 11.5 Å². The summed E-state index contributed by atoms with van der Waals surface area (Å²) < 4.78 is 5.78. The summed E-state index contributed by atoms with van der Waals surface area (Å²) in [7, 11) is 0. The molecule has 19 heavy (non-hydrogen) atoms.